The molecule has 0 aliphatic carbocycles. The molecule has 0 saturated heterocycles. The highest BCUT2D eigenvalue weighted by Crippen LogP contribution is 2.16. The van der Waals surface area contributed by atoms with Gasteiger partial charge in [-0.2, -0.15) is 10.2 Å². The van der Waals surface area contributed by atoms with E-state index in [-0.39, 0.29) is 5.91 Å². The molecule has 0 spiro atoms. The molecule has 3 rings (SSSR count). The van der Waals surface area contributed by atoms with Crippen molar-refractivity contribution in [1.82, 2.24) is 29.7 Å². The third-order valence-corrected chi connectivity index (χ3v) is 4.30. The highest BCUT2D eigenvalue weighted by Gasteiger charge is 2.16. The summed E-state index contributed by atoms with van der Waals surface area (Å²) >= 11 is 3.45. The molecule has 3 aromatic heterocycles. The molecule has 0 fully saturated rings. The average Bonchev–Trinajstić information content (AvgIpc) is 3.08. The lowest BCUT2D eigenvalue weighted by Gasteiger charge is -2.07. The van der Waals surface area contributed by atoms with E-state index < -0.39 is 0 Å². The van der Waals surface area contributed by atoms with Gasteiger partial charge in [0.05, 0.1) is 29.1 Å². The summed E-state index contributed by atoms with van der Waals surface area (Å²) in [6, 6.07) is 1.93. The number of amides is 1. The van der Waals surface area contributed by atoms with Crippen LogP contribution >= 0.6 is 15.9 Å². The van der Waals surface area contributed by atoms with Crippen LogP contribution in [-0.2, 0) is 13.1 Å². The van der Waals surface area contributed by atoms with Gasteiger partial charge >= 0.3 is 0 Å². The van der Waals surface area contributed by atoms with Gasteiger partial charge < -0.3 is 5.32 Å². The molecule has 120 valence electrons. The molecule has 0 aliphatic rings. The van der Waals surface area contributed by atoms with E-state index in [1.165, 1.54) is 0 Å². The Morgan fingerprint density at radius 1 is 1.30 bits per heavy atom. The molecule has 3 aromatic rings. The Hall–Kier alpha value is -2.22. The van der Waals surface area contributed by atoms with Crippen molar-refractivity contribution in [3.05, 3.63) is 45.6 Å². The molecule has 3 heterocycles. The summed E-state index contributed by atoms with van der Waals surface area (Å²) in [4.78, 5) is 16.9. The Labute approximate surface area is 141 Å². The number of carbonyl (C=O) groups is 1. The average molecular weight is 377 g/mol. The summed E-state index contributed by atoms with van der Waals surface area (Å²) in [5, 5.41) is 11.4. The minimum absolute atomic E-state index is 0.201. The SMILES string of the molecule is CCn1ncc(Br)c1CNC(=O)c1cnn2c(C)cc(C)nc12. The molecular formula is C15H17BrN6O. The minimum Gasteiger partial charge on any atom is -0.346 e. The van der Waals surface area contributed by atoms with Gasteiger partial charge in [-0.15, -0.1) is 0 Å². The summed E-state index contributed by atoms with van der Waals surface area (Å²) < 4.78 is 4.39. The van der Waals surface area contributed by atoms with Gasteiger partial charge in [-0.1, -0.05) is 0 Å². The molecule has 1 N–H and O–H groups in total. The van der Waals surface area contributed by atoms with Crippen LogP contribution < -0.4 is 5.32 Å². The summed E-state index contributed by atoms with van der Waals surface area (Å²) in [5.74, 6) is -0.201. The number of rotatable bonds is 4. The standard InChI is InChI=1S/C15H17BrN6O/c1-4-21-13(12(16)7-18-21)8-17-15(23)11-6-19-22-10(3)5-9(2)20-14(11)22/h5-7H,4,8H2,1-3H3,(H,17,23). The lowest BCUT2D eigenvalue weighted by Crippen LogP contribution is -2.24. The highest BCUT2D eigenvalue weighted by molar-refractivity contribution is 9.10. The first-order chi connectivity index (χ1) is 11.0. The zero-order chi connectivity index (χ0) is 16.6. The van der Waals surface area contributed by atoms with E-state index in [9.17, 15) is 4.79 Å². The van der Waals surface area contributed by atoms with E-state index in [0.717, 1.165) is 28.1 Å². The molecule has 0 bridgehead atoms. The maximum atomic E-state index is 12.5. The summed E-state index contributed by atoms with van der Waals surface area (Å²) in [7, 11) is 0. The number of hydrogen-bond acceptors (Lipinski definition) is 4. The van der Waals surface area contributed by atoms with Crippen LogP contribution in [0.25, 0.3) is 5.65 Å². The molecule has 7 nitrogen and oxygen atoms in total. The van der Waals surface area contributed by atoms with Gasteiger partial charge in [0.1, 0.15) is 5.56 Å². The normalized spacial score (nSPS) is 11.1. The van der Waals surface area contributed by atoms with Gasteiger partial charge in [0.25, 0.3) is 5.91 Å². The largest absolute Gasteiger partial charge is 0.346 e. The van der Waals surface area contributed by atoms with Crippen LogP contribution in [0.1, 0.15) is 34.4 Å². The first-order valence-electron chi connectivity index (χ1n) is 7.31. The van der Waals surface area contributed by atoms with E-state index in [2.05, 4.69) is 36.4 Å². The Morgan fingerprint density at radius 2 is 2.09 bits per heavy atom. The number of carbonyl (C=O) groups excluding carboxylic acids is 1. The molecule has 0 saturated carbocycles. The van der Waals surface area contributed by atoms with Crippen LogP contribution in [-0.4, -0.2) is 30.3 Å². The van der Waals surface area contributed by atoms with Crippen LogP contribution in [0.15, 0.2) is 22.9 Å². The molecule has 0 atom stereocenters. The summed E-state index contributed by atoms with van der Waals surface area (Å²) in [5.41, 5.74) is 3.77. The predicted octanol–water partition coefficient (Wildman–Crippen LogP) is 2.26. The van der Waals surface area contributed by atoms with Crippen molar-refractivity contribution in [3.8, 4) is 0 Å². The topological polar surface area (TPSA) is 77.1 Å². The molecule has 0 unspecified atom stereocenters. The van der Waals surface area contributed by atoms with Gasteiger partial charge in [0, 0.05) is 17.9 Å². The van der Waals surface area contributed by atoms with Crippen molar-refractivity contribution in [3.63, 3.8) is 0 Å². The van der Waals surface area contributed by atoms with Crippen LogP contribution in [0.2, 0.25) is 0 Å². The molecule has 0 aromatic carbocycles. The number of nitrogens with one attached hydrogen (secondary N) is 1. The second-order valence-electron chi connectivity index (χ2n) is 5.27. The Morgan fingerprint density at radius 3 is 2.83 bits per heavy atom. The number of aromatic nitrogens is 5. The minimum atomic E-state index is -0.201. The van der Waals surface area contributed by atoms with E-state index in [1.807, 2.05) is 31.5 Å². The molecule has 0 radical (unpaired) electrons. The number of halogens is 1. The maximum Gasteiger partial charge on any atom is 0.257 e. The number of aryl methyl sites for hydroxylation is 3. The predicted molar refractivity (Wildman–Crippen MR) is 89.2 cm³/mol. The van der Waals surface area contributed by atoms with Crippen molar-refractivity contribution in [2.75, 3.05) is 0 Å². The van der Waals surface area contributed by atoms with Crippen LogP contribution in [0.3, 0.4) is 0 Å². The summed E-state index contributed by atoms with van der Waals surface area (Å²) in [6.07, 6.45) is 3.28. The molecule has 1 amide bonds. The van der Waals surface area contributed by atoms with Gasteiger partial charge in [-0.25, -0.2) is 9.50 Å². The molecule has 8 heteroatoms. The number of fused-ring (bicyclic) bond motifs is 1. The van der Waals surface area contributed by atoms with Gasteiger partial charge in [-0.05, 0) is 42.8 Å². The van der Waals surface area contributed by atoms with E-state index in [1.54, 1.807) is 16.9 Å². The van der Waals surface area contributed by atoms with Crippen molar-refractivity contribution >= 4 is 27.5 Å². The van der Waals surface area contributed by atoms with Crippen molar-refractivity contribution in [1.29, 1.82) is 0 Å². The quantitative estimate of drug-likeness (QED) is 0.757. The molecular weight excluding hydrogens is 360 g/mol. The second-order valence-corrected chi connectivity index (χ2v) is 6.12. The van der Waals surface area contributed by atoms with Gasteiger partial charge in [0.15, 0.2) is 5.65 Å². The molecule has 0 aliphatic heterocycles. The van der Waals surface area contributed by atoms with E-state index in [4.69, 9.17) is 0 Å². The maximum absolute atomic E-state index is 12.5. The fourth-order valence-corrected chi connectivity index (χ4v) is 2.96. The first kappa shape index (κ1) is 15.7. The van der Waals surface area contributed by atoms with Crippen molar-refractivity contribution in [2.24, 2.45) is 0 Å². The third-order valence-electron chi connectivity index (χ3n) is 3.64. The second kappa shape index (κ2) is 6.11. The zero-order valence-electron chi connectivity index (χ0n) is 13.2. The number of hydrogen-bond donors (Lipinski definition) is 1. The summed E-state index contributed by atoms with van der Waals surface area (Å²) in [6.45, 7) is 6.97. The Balaban J connectivity index is 1.85. The fraction of sp³-hybridized carbons (Fsp3) is 0.333. The van der Waals surface area contributed by atoms with Crippen LogP contribution in [0.4, 0.5) is 0 Å². The lowest BCUT2D eigenvalue weighted by molar-refractivity contribution is 0.0951. The van der Waals surface area contributed by atoms with Crippen LogP contribution in [0.5, 0.6) is 0 Å². The van der Waals surface area contributed by atoms with Crippen molar-refractivity contribution < 1.29 is 4.79 Å². The highest BCUT2D eigenvalue weighted by atomic mass is 79.9. The lowest BCUT2D eigenvalue weighted by atomic mass is 10.3. The Kier molecular flexibility index (Phi) is 4.16. The van der Waals surface area contributed by atoms with Crippen LogP contribution in [0, 0.1) is 13.8 Å². The van der Waals surface area contributed by atoms with Gasteiger partial charge in [0.2, 0.25) is 0 Å². The zero-order valence-corrected chi connectivity index (χ0v) is 14.8. The number of nitrogens with zero attached hydrogens (tertiary/aromatic N) is 5. The van der Waals surface area contributed by atoms with E-state index >= 15 is 0 Å². The fourth-order valence-electron chi connectivity index (χ4n) is 2.53. The Bertz CT molecular complexity index is 882. The van der Waals surface area contributed by atoms with Gasteiger partial charge in [-0.3, -0.25) is 9.48 Å². The smallest absolute Gasteiger partial charge is 0.257 e. The third kappa shape index (κ3) is 2.86. The first-order valence-corrected chi connectivity index (χ1v) is 8.11. The van der Waals surface area contributed by atoms with E-state index in [0.29, 0.717) is 17.8 Å². The van der Waals surface area contributed by atoms with Crippen molar-refractivity contribution in [2.45, 2.75) is 33.9 Å². The monoisotopic (exact) mass is 376 g/mol. The molecule has 23 heavy (non-hydrogen) atoms.